The first-order chi connectivity index (χ1) is 9.81. The van der Waals surface area contributed by atoms with Crippen molar-refractivity contribution in [3.05, 3.63) is 65.2 Å². The molecule has 0 bridgehead atoms. The lowest BCUT2D eigenvalue weighted by Gasteiger charge is -2.07. The summed E-state index contributed by atoms with van der Waals surface area (Å²) in [6.45, 7) is 0.679. The van der Waals surface area contributed by atoms with Crippen molar-refractivity contribution in [1.82, 2.24) is 20.0 Å². The van der Waals surface area contributed by atoms with Crippen molar-refractivity contribution >= 4 is 21.6 Å². The molecule has 2 heterocycles. The highest BCUT2D eigenvalue weighted by atomic mass is 79.9. The van der Waals surface area contributed by atoms with Gasteiger partial charge in [0.05, 0.1) is 30.3 Å². The van der Waals surface area contributed by atoms with E-state index in [0.717, 1.165) is 21.7 Å². The van der Waals surface area contributed by atoms with Crippen LogP contribution in [-0.4, -0.2) is 20.0 Å². The van der Waals surface area contributed by atoms with Gasteiger partial charge < -0.3 is 5.32 Å². The van der Waals surface area contributed by atoms with Crippen LogP contribution in [-0.2, 0) is 6.54 Å². The number of benzene rings is 1. The summed E-state index contributed by atoms with van der Waals surface area (Å²) in [7, 11) is 0. The van der Waals surface area contributed by atoms with Gasteiger partial charge in [-0.05, 0) is 52.3 Å². The average molecular weight is 330 g/mol. The van der Waals surface area contributed by atoms with Crippen molar-refractivity contribution in [1.29, 1.82) is 0 Å². The molecule has 0 saturated heterocycles. The molecule has 0 amide bonds. The molecule has 0 fully saturated rings. The molecule has 0 aliphatic heterocycles. The fourth-order valence-corrected chi connectivity index (χ4v) is 2.18. The lowest BCUT2D eigenvalue weighted by atomic mass is 10.2. The normalized spacial score (nSPS) is 10.4. The van der Waals surface area contributed by atoms with Crippen molar-refractivity contribution in [2.24, 2.45) is 0 Å². The molecule has 1 N–H and O–H groups in total. The zero-order valence-electron chi connectivity index (χ0n) is 10.6. The largest absolute Gasteiger partial charge is 0.379 e. The van der Waals surface area contributed by atoms with Crippen LogP contribution in [0.4, 0.5) is 5.69 Å². The van der Waals surface area contributed by atoms with Crippen LogP contribution in [0, 0.1) is 0 Å². The average Bonchev–Trinajstić information content (AvgIpc) is 3.00. The number of halogens is 1. The Balaban J connectivity index is 1.67. The number of anilines is 1. The van der Waals surface area contributed by atoms with Gasteiger partial charge in [0.25, 0.3) is 0 Å². The standard InChI is InChI=1S/C14H12BrN5/c15-14-3-1-2-12(19-14)10-16-11-4-6-13(7-5-11)20-17-8-9-18-20/h1-9,16H,10H2. The maximum atomic E-state index is 4.38. The number of hydrogen-bond donors (Lipinski definition) is 1. The Kier molecular flexibility index (Phi) is 3.73. The maximum absolute atomic E-state index is 4.38. The zero-order chi connectivity index (χ0) is 13.8. The summed E-state index contributed by atoms with van der Waals surface area (Å²) in [4.78, 5) is 5.96. The zero-order valence-corrected chi connectivity index (χ0v) is 12.2. The minimum Gasteiger partial charge on any atom is -0.379 e. The fourth-order valence-electron chi connectivity index (χ4n) is 1.80. The number of nitrogens with zero attached hydrogens (tertiary/aromatic N) is 4. The summed E-state index contributed by atoms with van der Waals surface area (Å²) < 4.78 is 0.844. The summed E-state index contributed by atoms with van der Waals surface area (Å²) in [5.74, 6) is 0. The smallest absolute Gasteiger partial charge is 0.106 e. The van der Waals surface area contributed by atoms with E-state index in [1.165, 1.54) is 0 Å². The van der Waals surface area contributed by atoms with Gasteiger partial charge in [0, 0.05) is 5.69 Å². The topological polar surface area (TPSA) is 55.6 Å². The second-order valence-corrected chi connectivity index (χ2v) is 4.98. The molecule has 0 unspecified atom stereocenters. The third kappa shape index (κ3) is 3.03. The number of rotatable bonds is 4. The molecule has 5 nitrogen and oxygen atoms in total. The van der Waals surface area contributed by atoms with E-state index in [9.17, 15) is 0 Å². The minimum atomic E-state index is 0.679. The van der Waals surface area contributed by atoms with Crippen molar-refractivity contribution in [3.63, 3.8) is 0 Å². The molecule has 0 atom stereocenters. The minimum absolute atomic E-state index is 0.679. The highest BCUT2D eigenvalue weighted by Gasteiger charge is 1.99. The first-order valence-corrected chi connectivity index (χ1v) is 6.93. The van der Waals surface area contributed by atoms with Gasteiger partial charge in [-0.1, -0.05) is 6.07 Å². The number of hydrogen-bond acceptors (Lipinski definition) is 4. The van der Waals surface area contributed by atoms with Crippen molar-refractivity contribution in [2.75, 3.05) is 5.32 Å². The van der Waals surface area contributed by atoms with Crippen LogP contribution in [0.5, 0.6) is 0 Å². The molecule has 0 aliphatic carbocycles. The highest BCUT2D eigenvalue weighted by Crippen LogP contribution is 2.13. The van der Waals surface area contributed by atoms with Gasteiger partial charge in [0.1, 0.15) is 4.60 Å². The third-order valence-electron chi connectivity index (χ3n) is 2.76. The maximum Gasteiger partial charge on any atom is 0.106 e. The van der Waals surface area contributed by atoms with Gasteiger partial charge in [0.2, 0.25) is 0 Å². The fraction of sp³-hybridized carbons (Fsp3) is 0.0714. The summed E-state index contributed by atoms with van der Waals surface area (Å²) in [5, 5.41) is 11.5. The van der Waals surface area contributed by atoms with E-state index in [0.29, 0.717) is 6.54 Å². The van der Waals surface area contributed by atoms with E-state index in [2.05, 4.69) is 36.4 Å². The van der Waals surface area contributed by atoms with Gasteiger partial charge in [-0.15, -0.1) is 0 Å². The van der Waals surface area contributed by atoms with Gasteiger partial charge in [0.15, 0.2) is 0 Å². The first-order valence-electron chi connectivity index (χ1n) is 6.13. The lowest BCUT2D eigenvalue weighted by molar-refractivity contribution is 0.752. The Morgan fingerprint density at radius 2 is 1.75 bits per heavy atom. The second kappa shape index (κ2) is 5.83. The monoisotopic (exact) mass is 329 g/mol. The van der Waals surface area contributed by atoms with Crippen molar-refractivity contribution in [3.8, 4) is 5.69 Å². The van der Waals surface area contributed by atoms with E-state index in [1.54, 1.807) is 17.2 Å². The Labute approximate surface area is 124 Å². The SMILES string of the molecule is Brc1cccc(CNc2ccc(-n3nccn3)cc2)n1. The third-order valence-corrected chi connectivity index (χ3v) is 3.21. The molecular formula is C14H12BrN5. The van der Waals surface area contributed by atoms with Crippen LogP contribution in [0.3, 0.4) is 0 Å². The molecular weight excluding hydrogens is 318 g/mol. The molecule has 20 heavy (non-hydrogen) atoms. The van der Waals surface area contributed by atoms with E-state index in [-0.39, 0.29) is 0 Å². The Morgan fingerprint density at radius 1 is 1.00 bits per heavy atom. The lowest BCUT2D eigenvalue weighted by Crippen LogP contribution is -2.02. The summed E-state index contributed by atoms with van der Waals surface area (Å²) >= 11 is 3.36. The molecule has 100 valence electrons. The number of pyridine rings is 1. The van der Waals surface area contributed by atoms with E-state index in [1.807, 2.05) is 42.5 Å². The van der Waals surface area contributed by atoms with Crippen LogP contribution in [0.1, 0.15) is 5.69 Å². The summed E-state index contributed by atoms with van der Waals surface area (Å²) in [6.07, 6.45) is 3.32. The predicted molar refractivity (Wildman–Crippen MR) is 80.6 cm³/mol. The Morgan fingerprint density at radius 3 is 2.45 bits per heavy atom. The van der Waals surface area contributed by atoms with Crippen LogP contribution >= 0.6 is 15.9 Å². The Hall–Kier alpha value is -2.21. The quantitative estimate of drug-likeness (QED) is 0.747. The molecule has 6 heteroatoms. The molecule has 3 rings (SSSR count). The highest BCUT2D eigenvalue weighted by molar-refractivity contribution is 9.10. The van der Waals surface area contributed by atoms with Crippen LogP contribution in [0.25, 0.3) is 5.69 Å². The summed E-state index contributed by atoms with van der Waals surface area (Å²) in [5.41, 5.74) is 2.95. The predicted octanol–water partition coefficient (Wildman–Crippen LogP) is 3.04. The molecule has 0 saturated carbocycles. The van der Waals surface area contributed by atoms with Crippen LogP contribution < -0.4 is 5.32 Å². The van der Waals surface area contributed by atoms with Gasteiger partial charge in [-0.25, -0.2) is 4.98 Å². The van der Waals surface area contributed by atoms with Gasteiger partial charge >= 0.3 is 0 Å². The number of aromatic nitrogens is 4. The van der Waals surface area contributed by atoms with Gasteiger partial charge in [-0.3, -0.25) is 0 Å². The van der Waals surface area contributed by atoms with Crippen molar-refractivity contribution < 1.29 is 0 Å². The molecule has 1 aromatic carbocycles. The molecule has 0 radical (unpaired) electrons. The first kappa shape index (κ1) is 12.8. The molecule has 0 spiro atoms. The van der Waals surface area contributed by atoms with E-state index in [4.69, 9.17) is 0 Å². The second-order valence-electron chi connectivity index (χ2n) is 4.17. The van der Waals surface area contributed by atoms with Crippen LogP contribution in [0.15, 0.2) is 59.5 Å². The summed E-state index contributed by atoms with van der Waals surface area (Å²) in [6, 6.07) is 13.8. The molecule has 3 aromatic rings. The Bertz CT molecular complexity index is 679. The molecule has 2 aromatic heterocycles. The van der Waals surface area contributed by atoms with Crippen molar-refractivity contribution in [2.45, 2.75) is 6.54 Å². The number of nitrogens with one attached hydrogen (secondary N) is 1. The van der Waals surface area contributed by atoms with Crippen LogP contribution in [0.2, 0.25) is 0 Å². The molecule has 0 aliphatic rings. The van der Waals surface area contributed by atoms with E-state index >= 15 is 0 Å². The van der Waals surface area contributed by atoms with E-state index < -0.39 is 0 Å². The van der Waals surface area contributed by atoms with Gasteiger partial charge in [-0.2, -0.15) is 15.0 Å².